The van der Waals surface area contributed by atoms with Crippen molar-refractivity contribution >= 4 is 38.0 Å². The van der Waals surface area contributed by atoms with E-state index in [2.05, 4.69) is 12.8 Å². The zero-order valence-corrected chi connectivity index (χ0v) is 13.8. The molecule has 0 bridgehead atoms. The summed E-state index contributed by atoms with van der Waals surface area (Å²) in [5.74, 6) is 0.655. The van der Waals surface area contributed by atoms with Gasteiger partial charge in [0.15, 0.2) is 0 Å². The summed E-state index contributed by atoms with van der Waals surface area (Å²) in [7, 11) is -1.46. The Balaban J connectivity index is 1.84. The van der Waals surface area contributed by atoms with Crippen molar-refractivity contribution < 1.29 is 14.8 Å². The maximum absolute atomic E-state index is 9.15. The predicted molar refractivity (Wildman–Crippen MR) is 92.5 cm³/mol. The Hall–Kier alpha value is -0.335. The van der Waals surface area contributed by atoms with E-state index in [0.29, 0.717) is 17.8 Å². The molecule has 1 unspecified atom stereocenters. The Labute approximate surface area is 137 Å². The van der Waals surface area contributed by atoms with Crippen LogP contribution in [0.2, 0.25) is 0 Å². The highest BCUT2D eigenvalue weighted by atomic mass is 32.1. The van der Waals surface area contributed by atoms with Crippen molar-refractivity contribution in [3.05, 3.63) is 24.3 Å². The van der Waals surface area contributed by atoms with Crippen LogP contribution < -0.4 is 10.2 Å². The third-order valence-electron chi connectivity index (χ3n) is 3.89. The average molecular weight is 327 g/mol. The molecule has 116 valence electrons. The summed E-state index contributed by atoms with van der Waals surface area (Å²) in [6.07, 6.45) is 4.02. The van der Waals surface area contributed by atoms with Gasteiger partial charge in [-0.1, -0.05) is 24.9 Å². The smallest absolute Gasteiger partial charge is 0.488 e. The second-order valence-electron chi connectivity index (χ2n) is 5.58. The molecule has 0 aromatic heterocycles. The minimum absolute atomic E-state index is 0.00835. The van der Waals surface area contributed by atoms with Crippen LogP contribution in [0.4, 0.5) is 0 Å². The van der Waals surface area contributed by atoms with Crippen LogP contribution in [-0.2, 0) is 0 Å². The summed E-state index contributed by atoms with van der Waals surface area (Å²) in [6.45, 7) is 2.52. The number of benzene rings is 1. The second kappa shape index (κ2) is 7.79. The van der Waals surface area contributed by atoms with Gasteiger partial charge < -0.3 is 14.8 Å². The summed E-state index contributed by atoms with van der Waals surface area (Å²) >= 11 is 9.25. The van der Waals surface area contributed by atoms with Crippen LogP contribution in [0.1, 0.15) is 25.7 Å². The van der Waals surface area contributed by atoms with E-state index in [-0.39, 0.29) is 4.75 Å². The third kappa shape index (κ3) is 5.41. The number of rotatable bonds is 5. The normalized spacial score (nSPS) is 23.6. The number of thiol groups is 2. The molecule has 1 aromatic rings. The lowest BCUT2D eigenvalue weighted by atomic mass is 9.80. The van der Waals surface area contributed by atoms with Crippen molar-refractivity contribution in [1.82, 2.24) is 4.31 Å². The van der Waals surface area contributed by atoms with Crippen LogP contribution in [0, 0.1) is 0 Å². The highest BCUT2D eigenvalue weighted by molar-refractivity contribution is 7.81. The van der Waals surface area contributed by atoms with Crippen LogP contribution in [0.25, 0.3) is 0 Å². The first-order valence-electron chi connectivity index (χ1n) is 7.24. The Bertz CT molecular complexity index is 464. The molecule has 7 heteroatoms. The summed E-state index contributed by atoms with van der Waals surface area (Å²) in [6, 6.07) is 6.88. The number of hydrogen-bond donors (Lipinski definition) is 4. The van der Waals surface area contributed by atoms with Crippen molar-refractivity contribution in [1.29, 1.82) is 0 Å². The summed E-state index contributed by atoms with van der Waals surface area (Å²) in [4.78, 5) is 0. The first kappa shape index (κ1) is 17.0. The molecule has 2 N–H and O–H groups in total. The fourth-order valence-corrected chi connectivity index (χ4v) is 3.13. The van der Waals surface area contributed by atoms with Gasteiger partial charge in [-0.2, -0.15) is 12.6 Å². The Morgan fingerprint density at radius 1 is 1.29 bits per heavy atom. The largest absolute Gasteiger partial charge is 0.494 e. The van der Waals surface area contributed by atoms with E-state index in [1.54, 1.807) is 18.2 Å². The number of ether oxygens (including phenoxy) is 1. The SMILES string of the molecule is OB(O)c1cccc(OCCC2(S)CCCN(S)CC2)c1. The lowest BCUT2D eigenvalue weighted by Crippen LogP contribution is -2.29. The quantitative estimate of drug-likeness (QED) is 0.484. The Kier molecular flexibility index (Phi) is 6.31. The maximum Gasteiger partial charge on any atom is 0.488 e. The molecular formula is C14H22BNO3S2. The minimum Gasteiger partial charge on any atom is -0.494 e. The van der Waals surface area contributed by atoms with Gasteiger partial charge in [-0.15, -0.1) is 0 Å². The highest BCUT2D eigenvalue weighted by Crippen LogP contribution is 2.32. The summed E-state index contributed by atoms with van der Waals surface area (Å²) in [5.41, 5.74) is 0.438. The van der Waals surface area contributed by atoms with E-state index in [0.717, 1.165) is 38.8 Å². The van der Waals surface area contributed by atoms with E-state index >= 15 is 0 Å². The lowest BCUT2D eigenvalue weighted by Gasteiger charge is -2.26. The van der Waals surface area contributed by atoms with Gasteiger partial charge in [0.25, 0.3) is 0 Å². The third-order valence-corrected chi connectivity index (χ3v) is 4.96. The van der Waals surface area contributed by atoms with Gasteiger partial charge >= 0.3 is 7.12 Å². The van der Waals surface area contributed by atoms with E-state index < -0.39 is 7.12 Å². The van der Waals surface area contributed by atoms with Gasteiger partial charge in [0.05, 0.1) is 6.61 Å². The van der Waals surface area contributed by atoms with Crippen LogP contribution >= 0.6 is 25.4 Å². The zero-order chi connectivity index (χ0) is 15.3. The second-order valence-corrected chi connectivity index (χ2v) is 7.09. The van der Waals surface area contributed by atoms with Crippen molar-refractivity contribution in [2.24, 2.45) is 0 Å². The van der Waals surface area contributed by atoms with Gasteiger partial charge in [0, 0.05) is 17.8 Å². The summed E-state index contributed by atoms with van der Waals surface area (Å²) < 4.78 is 7.77. The molecule has 1 aromatic carbocycles. The molecule has 21 heavy (non-hydrogen) atoms. The van der Waals surface area contributed by atoms with Crippen molar-refractivity contribution in [3.63, 3.8) is 0 Å². The molecule has 0 spiro atoms. The van der Waals surface area contributed by atoms with Crippen LogP contribution in [0.15, 0.2) is 24.3 Å². The molecule has 1 aliphatic rings. The Morgan fingerprint density at radius 3 is 2.86 bits per heavy atom. The maximum atomic E-state index is 9.15. The molecule has 4 nitrogen and oxygen atoms in total. The molecule has 0 saturated carbocycles. The van der Waals surface area contributed by atoms with Gasteiger partial charge in [0.1, 0.15) is 5.75 Å². The van der Waals surface area contributed by atoms with E-state index in [1.165, 1.54) is 0 Å². The molecule has 0 amide bonds. The molecule has 1 aliphatic heterocycles. The molecule has 1 heterocycles. The van der Waals surface area contributed by atoms with E-state index in [1.807, 2.05) is 10.4 Å². The highest BCUT2D eigenvalue weighted by Gasteiger charge is 2.28. The molecule has 0 aliphatic carbocycles. The molecule has 1 atom stereocenters. The minimum atomic E-state index is -1.46. The number of hydrogen-bond acceptors (Lipinski definition) is 6. The van der Waals surface area contributed by atoms with E-state index in [4.69, 9.17) is 27.4 Å². The zero-order valence-electron chi connectivity index (χ0n) is 12.0. The molecular weight excluding hydrogens is 305 g/mol. The topological polar surface area (TPSA) is 52.9 Å². The molecule has 1 fully saturated rings. The van der Waals surface area contributed by atoms with Crippen LogP contribution in [0.5, 0.6) is 5.75 Å². The van der Waals surface area contributed by atoms with Crippen molar-refractivity contribution in [2.45, 2.75) is 30.4 Å². The van der Waals surface area contributed by atoms with Gasteiger partial charge in [-0.3, -0.25) is 4.31 Å². The van der Waals surface area contributed by atoms with Crippen LogP contribution in [-0.4, -0.2) is 45.9 Å². The van der Waals surface area contributed by atoms with Crippen LogP contribution in [0.3, 0.4) is 0 Å². The van der Waals surface area contributed by atoms with E-state index in [9.17, 15) is 0 Å². The van der Waals surface area contributed by atoms with Crippen molar-refractivity contribution in [3.8, 4) is 5.75 Å². The predicted octanol–water partition coefficient (Wildman–Crippen LogP) is 1.13. The lowest BCUT2D eigenvalue weighted by molar-refractivity contribution is 0.282. The van der Waals surface area contributed by atoms with Crippen molar-refractivity contribution in [2.75, 3.05) is 19.7 Å². The summed E-state index contributed by atoms with van der Waals surface area (Å²) in [5, 5.41) is 18.3. The Morgan fingerprint density at radius 2 is 2.10 bits per heavy atom. The fourth-order valence-electron chi connectivity index (χ4n) is 2.54. The average Bonchev–Trinajstić information content (AvgIpc) is 2.61. The standard InChI is InChI=1S/C14H22BNO3S2/c17-15(18)12-3-1-4-13(11-12)19-10-7-14(20)5-2-8-16(21)9-6-14/h1,3-4,11,17-18,20-21H,2,5-10H2. The van der Waals surface area contributed by atoms with Gasteiger partial charge in [-0.25, -0.2) is 0 Å². The monoisotopic (exact) mass is 327 g/mol. The molecule has 0 radical (unpaired) electrons. The first-order chi connectivity index (χ1) is 9.98. The van der Waals surface area contributed by atoms with Gasteiger partial charge in [-0.05, 0) is 43.3 Å². The van der Waals surface area contributed by atoms with Gasteiger partial charge in [0.2, 0.25) is 0 Å². The molecule has 2 rings (SSSR count). The first-order valence-corrected chi connectivity index (χ1v) is 8.08. The molecule has 1 saturated heterocycles. The number of nitrogens with zero attached hydrogens (tertiary/aromatic N) is 1. The fraction of sp³-hybridized carbons (Fsp3) is 0.571.